The van der Waals surface area contributed by atoms with E-state index in [1.165, 1.54) is 6.20 Å². The van der Waals surface area contributed by atoms with Gasteiger partial charge in [0.15, 0.2) is 0 Å². The van der Waals surface area contributed by atoms with E-state index in [1.54, 1.807) is 42.1 Å². The minimum Gasteiger partial charge on any atom is -0.497 e. The predicted octanol–water partition coefficient (Wildman–Crippen LogP) is 3.20. The van der Waals surface area contributed by atoms with E-state index in [-0.39, 0.29) is 5.91 Å². The standard InChI is InChI=1S/C18H17ClN4O2/c1-22(18(24)17-7-6-14(19)10-20-17)11-13-9-21-23(12-13)15-4-3-5-16(8-15)25-2/h3-10,12H,11H2,1-2H3. The fourth-order valence-corrected chi connectivity index (χ4v) is 2.49. The van der Waals surface area contributed by atoms with Crippen LogP contribution in [0.4, 0.5) is 0 Å². The number of hydrogen-bond acceptors (Lipinski definition) is 4. The summed E-state index contributed by atoms with van der Waals surface area (Å²) in [4.78, 5) is 18.0. The second kappa shape index (κ2) is 7.36. The van der Waals surface area contributed by atoms with Crippen molar-refractivity contribution in [3.05, 3.63) is 71.3 Å². The summed E-state index contributed by atoms with van der Waals surface area (Å²) < 4.78 is 6.97. The Morgan fingerprint density at radius 3 is 2.84 bits per heavy atom. The zero-order valence-electron chi connectivity index (χ0n) is 13.9. The monoisotopic (exact) mass is 356 g/mol. The molecule has 7 heteroatoms. The van der Waals surface area contributed by atoms with Crippen LogP contribution in [-0.2, 0) is 6.54 Å². The molecule has 0 bridgehead atoms. The summed E-state index contributed by atoms with van der Waals surface area (Å²) in [5.41, 5.74) is 2.15. The highest BCUT2D eigenvalue weighted by molar-refractivity contribution is 6.30. The van der Waals surface area contributed by atoms with Gasteiger partial charge in [-0.05, 0) is 24.3 Å². The van der Waals surface area contributed by atoms with Crippen LogP contribution in [0, 0.1) is 0 Å². The summed E-state index contributed by atoms with van der Waals surface area (Å²) in [5, 5.41) is 4.85. The SMILES string of the molecule is COc1cccc(-n2cc(CN(C)C(=O)c3ccc(Cl)cn3)cn2)c1. The smallest absolute Gasteiger partial charge is 0.272 e. The molecule has 2 heterocycles. The van der Waals surface area contributed by atoms with E-state index in [2.05, 4.69) is 10.1 Å². The molecule has 0 unspecified atom stereocenters. The Morgan fingerprint density at radius 1 is 1.28 bits per heavy atom. The van der Waals surface area contributed by atoms with Crippen LogP contribution in [-0.4, -0.2) is 39.7 Å². The molecule has 2 aromatic heterocycles. The highest BCUT2D eigenvalue weighted by Gasteiger charge is 2.14. The molecular formula is C18H17ClN4O2. The van der Waals surface area contributed by atoms with Crippen LogP contribution in [0.3, 0.4) is 0 Å². The van der Waals surface area contributed by atoms with Crippen molar-refractivity contribution in [2.75, 3.05) is 14.2 Å². The second-order valence-corrected chi connectivity index (χ2v) is 5.95. The molecule has 0 atom stereocenters. The zero-order valence-corrected chi connectivity index (χ0v) is 14.6. The van der Waals surface area contributed by atoms with Gasteiger partial charge in [-0.15, -0.1) is 0 Å². The van der Waals surface area contributed by atoms with Crippen LogP contribution in [0.25, 0.3) is 5.69 Å². The quantitative estimate of drug-likeness (QED) is 0.704. The van der Waals surface area contributed by atoms with Gasteiger partial charge in [-0.2, -0.15) is 5.10 Å². The van der Waals surface area contributed by atoms with E-state index >= 15 is 0 Å². The number of pyridine rings is 1. The summed E-state index contributed by atoms with van der Waals surface area (Å²) in [6.07, 6.45) is 5.08. The van der Waals surface area contributed by atoms with Crippen LogP contribution in [0.15, 0.2) is 55.0 Å². The third kappa shape index (κ3) is 3.97. The third-order valence-electron chi connectivity index (χ3n) is 3.67. The molecule has 0 aliphatic rings. The summed E-state index contributed by atoms with van der Waals surface area (Å²) in [7, 11) is 3.35. The Bertz CT molecular complexity index is 877. The summed E-state index contributed by atoms with van der Waals surface area (Å²) in [5.74, 6) is 0.585. The lowest BCUT2D eigenvalue weighted by atomic mass is 10.3. The topological polar surface area (TPSA) is 60.2 Å². The lowest BCUT2D eigenvalue weighted by molar-refractivity contribution is 0.0779. The summed E-state index contributed by atoms with van der Waals surface area (Å²) in [6, 6.07) is 10.9. The molecule has 1 aromatic carbocycles. The molecule has 0 spiro atoms. The molecule has 128 valence electrons. The lowest BCUT2D eigenvalue weighted by Crippen LogP contribution is -2.26. The van der Waals surface area contributed by atoms with Crippen LogP contribution in [0.1, 0.15) is 16.1 Å². The van der Waals surface area contributed by atoms with Crippen LogP contribution >= 0.6 is 11.6 Å². The molecule has 25 heavy (non-hydrogen) atoms. The fourth-order valence-electron chi connectivity index (χ4n) is 2.38. The fraction of sp³-hybridized carbons (Fsp3) is 0.167. The van der Waals surface area contributed by atoms with Crippen molar-refractivity contribution < 1.29 is 9.53 Å². The van der Waals surface area contributed by atoms with Crippen LogP contribution < -0.4 is 4.74 Å². The number of carbonyl (C=O) groups excluding carboxylic acids is 1. The number of methoxy groups -OCH3 is 1. The molecule has 0 radical (unpaired) electrons. The number of amides is 1. The van der Waals surface area contributed by atoms with Gasteiger partial charge in [0.2, 0.25) is 0 Å². The molecule has 1 amide bonds. The first kappa shape index (κ1) is 17.0. The van der Waals surface area contributed by atoms with Crippen LogP contribution in [0.5, 0.6) is 5.75 Å². The van der Waals surface area contributed by atoms with E-state index in [0.717, 1.165) is 17.0 Å². The number of benzene rings is 1. The van der Waals surface area contributed by atoms with Crippen LogP contribution in [0.2, 0.25) is 5.02 Å². The minimum absolute atomic E-state index is 0.175. The van der Waals surface area contributed by atoms with E-state index < -0.39 is 0 Å². The number of nitrogens with zero attached hydrogens (tertiary/aromatic N) is 4. The van der Waals surface area contributed by atoms with Crippen molar-refractivity contribution in [2.45, 2.75) is 6.54 Å². The Hall–Kier alpha value is -2.86. The number of hydrogen-bond donors (Lipinski definition) is 0. The van der Waals surface area contributed by atoms with Crippen molar-refractivity contribution in [1.29, 1.82) is 0 Å². The van der Waals surface area contributed by atoms with Crippen molar-refractivity contribution in [2.24, 2.45) is 0 Å². The van der Waals surface area contributed by atoms with E-state index in [9.17, 15) is 4.79 Å². The normalized spacial score (nSPS) is 10.5. The average molecular weight is 357 g/mol. The average Bonchev–Trinajstić information content (AvgIpc) is 3.10. The molecular weight excluding hydrogens is 340 g/mol. The highest BCUT2D eigenvalue weighted by atomic mass is 35.5. The zero-order chi connectivity index (χ0) is 17.8. The van der Waals surface area contributed by atoms with Crippen molar-refractivity contribution in [3.63, 3.8) is 0 Å². The first-order chi connectivity index (χ1) is 12.1. The lowest BCUT2D eigenvalue weighted by Gasteiger charge is -2.15. The van der Waals surface area contributed by atoms with E-state index in [0.29, 0.717) is 17.3 Å². The van der Waals surface area contributed by atoms with E-state index in [1.807, 2.05) is 30.5 Å². The van der Waals surface area contributed by atoms with Crippen molar-refractivity contribution in [1.82, 2.24) is 19.7 Å². The molecule has 0 aliphatic carbocycles. The minimum atomic E-state index is -0.175. The van der Waals surface area contributed by atoms with Gasteiger partial charge in [0.05, 0.1) is 24.0 Å². The van der Waals surface area contributed by atoms with Gasteiger partial charge < -0.3 is 9.64 Å². The first-order valence-electron chi connectivity index (χ1n) is 7.62. The van der Waals surface area contributed by atoms with Crippen molar-refractivity contribution >= 4 is 17.5 Å². The Kier molecular flexibility index (Phi) is 5.00. The number of rotatable bonds is 5. The van der Waals surface area contributed by atoms with Gasteiger partial charge in [0.1, 0.15) is 11.4 Å². The van der Waals surface area contributed by atoms with Gasteiger partial charge >= 0.3 is 0 Å². The number of aromatic nitrogens is 3. The maximum Gasteiger partial charge on any atom is 0.272 e. The first-order valence-corrected chi connectivity index (χ1v) is 7.99. The Balaban J connectivity index is 1.72. The van der Waals surface area contributed by atoms with Gasteiger partial charge in [0, 0.05) is 37.6 Å². The Morgan fingerprint density at radius 2 is 2.12 bits per heavy atom. The molecule has 0 aliphatic heterocycles. The molecule has 6 nitrogen and oxygen atoms in total. The maximum atomic E-state index is 12.4. The van der Waals surface area contributed by atoms with Gasteiger partial charge in [0.25, 0.3) is 5.91 Å². The van der Waals surface area contributed by atoms with Gasteiger partial charge in [-0.3, -0.25) is 4.79 Å². The number of carbonyl (C=O) groups is 1. The summed E-state index contributed by atoms with van der Waals surface area (Å²) in [6.45, 7) is 0.424. The second-order valence-electron chi connectivity index (χ2n) is 5.52. The molecule has 0 saturated heterocycles. The van der Waals surface area contributed by atoms with Crippen molar-refractivity contribution in [3.8, 4) is 11.4 Å². The summed E-state index contributed by atoms with van der Waals surface area (Å²) >= 11 is 5.80. The number of ether oxygens (including phenoxy) is 1. The molecule has 3 rings (SSSR count). The maximum absolute atomic E-state index is 12.4. The Labute approximate surface area is 150 Å². The molecule has 0 N–H and O–H groups in total. The highest BCUT2D eigenvalue weighted by Crippen LogP contribution is 2.17. The third-order valence-corrected chi connectivity index (χ3v) is 3.89. The largest absolute Gasteiger partial charge is 0.497 e. The van der Waals surface area contributed by atoms with Gasteiger partial charge in [-0.25, -0.2) is 9.67 Å². The van der Waals surface area contributed by atoms with Gasteiger partial charge in [-0.1, -0.05) is 17.7 Å². The predicted molar refractivity (Wildman–Crippen MR) is 95.2 cm³/mol. The number of halogens is 1. The van der Waals surface area contributed by atoms with E-state index in [4.69, 9.17) is 16.3 Å². The molecule has 0 saturated carbocycles. The molecule has 3 aromatic rings. The molecule has 0 fully saturated rings.